The van der Waals surface area contributed by atoms with Gasteiger partial charge in [0.05, 0.1) is 11.2 Å². The summed E-state index contributed by atoms with van der Waals surface area (Å²) in [7, 11) is 1.46. The molecular formula is C18H16ClIN2O2S2. The number of halogens is 2. The maximum atomic E-state index is 10.6. The number of aryl methyl sites for hydroxylation is 1. The van der Waals surface area contributed by atoms with E-state index in [1.807, 2.05) is 54.6 Å². The fraction of sp³-hybridized carbons (Fsp3) is 0.0556. The predicted octanol–water partition coefficient (Wildman–Crippen LogP) is 4.92. The molecular weight excluding hydrogens is 503 g/mol. The van der Waals surface area contributed by atoms with Crippen LogP contribution in [0.3, 0.4) is 0 Å². The van der Waals surface area contributed by atoms with E-state index >= 15 is 0 Å². The van der Waals surface area contributed by atoms with E-state index in [1.165, 1.54) is 6.20 Å². The molecule has 4 nitrogen and oxygen atoms in total. The first-order valence-corrected chi connectivity index (χ1v) is 11.3. The largest absolute Gasteiger partial charge is 0.398 e. The van der Waals surface area contributed by atoms with Crippen molar-refractivity contribution >= 4 is 59.3 Å². The molecule has 0 saturated carbocycles. The van der Waals surface area contributed by atoms with Crippen LogP contribution in [0.4, 0.5) is 5.69 Å². The first kappa shape index (κ1) is 22.4. The van der Waals surface area contributed by atoms with Crippen molar-refractivity contribution in [2.24, 2.45) is 0 Å². The standard InChI is InChI=1S/C8H6.C6H6IN.C4H4ClNO2S2/c1-2-8-6-4-3-5-7-8;7-5-3-1-2-4-6(5)8;1-3-6-2-4(9-3)10(5,7)8/h1,3-7H;1-4H,8H2;2H,1H3. The number of anilines is 1. The van der Waals surface area contributed by atoms with Crippen LogP contribution in [0.15, 0.2) is 65.0 Å². The van der Waals surface area contributed by atoms with E-state index in [2.05, 4.69) is 33.5 Å². The summed E-state index contributed by atoms with van der Waals surface area (Å²) in [6.45, 7) is 1.72. The van der Waals surface area contributed by atoms with Gasteiger partial charge in [0.25, 0.3) is 9.05 Å². The van der Waals surface area contributed by atoms with Crippen LogP contribution in [0.5, 0.6) is 0 Å². The van der Waals surface area contributed by atoms with Gasteiger partial charge in [0.15, 0.2) is 4.21 Å². The summed E-state index contributed by atoms with van der Waals surface area (Å²) in [5, 5.41) is 0.694. The second-order valence-corrected chi connectivity index (χ2v) is 9.86. The molecule has 0 aliphatic carbocycles. The van der Waals surface area contributed by atoms with Crippen molar-refractivity contribution in [2.75, 3.05) is 5.73 Å². The Morgan fingerprint density at radius 3 is 2.04 bits per heavy atom. The molecule has 0 spiro atoms. The average Bonchev–Trinajstić information content (AvgIpc) is 3.06. The number of hydrogen-bond donors (Lipinski definition) is 1. The molecule has 136 valence electrons. The van der Waals surface area contributed by atoms with Crippen LogP contribution in [-0.4, -0.2) is 13.4 Å². The van der Waals surface area contributed by atoms with Crippen LogP contribution >= 0.6 is 44.6 Å². The van der Waals surface area contributed by atoms with E-state index in [0.29, 0.717) is 5.01 Å². The van der Waals surface area contributed by atoms with Crippen LogP contribution in [0.2, 0.25) is 0 Å². The molecule has 3 aromatic rings. The zero-order chi connectivity index (χ0) is 19.6. The molecule has 0 fully saturated rings. The first-order chi connectivity index (χ1) is 12.2. The molecule has 0 aliphatic heterocycles. The van der Waals surface area contributed by atoms with Gasteiger partial charge < -0.3 is 5.73 Å². The Bertz CT molecular complexity index is 947. The quantitative estimate of drug-likeness (QED) is 0.215. The van der Waals surface area contributed by atoms with Gasteiger partial charge in [-0.3, -0.25) is 0 Å². The predicted molar refractivity (Wildman–Crippen MR) is 118 cm³/mol. The minimum atomic E-state index is -3.55. The fourth-order valence-electron chi connectivity index (χ4n) is 1.46. The third-order valence-corrected chi connectivity index (χ3v) is 6.64. The zero-order valence-corrected chi connectivity index (χ0v) is 18.3. The van der Waals surface area contributed by atoms with E-state index in [-0.39, 0.29) is 4.21 Å². The molecule has 2 N–H and O–H groups in total. The van der Waals surface area contributed by atoms with E-state index < -0.39 is 9.05 Å². The normalized spacial score (nSPS) is 9.77. The highest BCUT2D eigenvalue weighted by Crippen LogP contribution is 2.21. The van der Waals surface area contributed by atoms with Crippen molar-refractivity contribution in [3.63, 3.8) is 0 Å². The minimum absolute atomic E-state index is 0.103. The van der Waals surface area contributed by atoms with Gasteiger partial charge in [0, 0.05) is 25.5 Å². The Morgan fingerprint density at radius 2 is 1.73 bits per heavy atom. The lowest BCUT2D eigenvalue weighted by molar-refractivity contribution is 0.611. The maximum absolute atomic E-state index is 10.6. The lowest BCUT2D eigenvalue weighted by Gasteiger charge is -1.91. The molecule has 1 aromatic heterocycles. The molecule has 0 radical (unpaired) electrons. The summed E-state index contributed by atoms with van der Waals surface area (Å²) in [6, 6.07) is 17.4. The van der Waals surface area contributed by atoms with Crippen LogP contribution in [0.25, 0.3) is 0 Å². The van der Waals surface area contributed by atoms with Crippen LogP contribution < -0.4 is 5.73 Å². The lowest BCUT2D eigenvalue weighted by Crippen LogP contribution is -1.85. The van der Waals surface area contributed by atoms with Gasteiger partial charge in [-0.25, -0.2) is 13.4 Å². The van der Waals surface area contributed by atoms with Crippen molar-refractivity contribution in [1.82, 2.24) is 4.98 Å². The number of para-hydroxylation sites is 1. The summed E-state index contributed by atoms with van der Waals surface area (Å²) < 4.78 is 22.4. The van der Waals surface area contributed by atoms with Crippen LogP contribution in [0, 0.1) is 22.8 Å². The molecule has 26 heavy (non-hydrogen) atoms. The summed E-state index contributed by atoms with van der Waals surface area (Å²) in [5.41, 5.74) is 7.30. The topological polar surface area (TPSA) is 73.0 Å². The average molecular weight is 519 g/mol. The van der Waals surface area contributed by atoms with Crippen molar-refractivity contribution < 1.29 is 8.42 Å². The van der Waals surface area contributed by atoms with Crippen molar-refractivity contribution in [3.05, 3.63) is 74.9 Å². The second-order valence-electron chi connectivity index (χ2n) is 4.67. The molecule has 0 amide bonds. The highest BCUT2D eigenvalue weighted by molar-refractivity contribution is 14.1. The maximum Gasteiger partial charge on any atom is 0.272 e. The lowest BCUT2D eigenvalue weighted by atomic mass is 10.2. The number of nitrogen functional groups attached to an aromatic ring is 1. The Labute approximate surface area is 176 Å². The number of nitrogens with two attached hydrogens (primary N) is 1. The summed E-state index contributed by atoms with van der Waals surface area (Å²) in [6.07, 6.45) is 6.35. The molecule has 0 atom stereocenters. The van der Waals surface area contributed by atoms with E-state index in [1.54, 1.807) is 6.92 Å². The summed E-state index contributed by atoms with van der Waals surface area (Å²) in [5.74, 6) is 2.53. The van der Waals surface area contributed by atoms with E-state index in [4.69, 9.17) is 22.8 Å². The van der Waals surface area contributed by atoms with Gasteiger partial charge in [-0.1, -0.05) is 36.3 Å². The van der Waals surface area contributed by atoms with Crippen molar-refractivity contribution in [3.8, 4) is 12.3 Å². The highest BCUT2D eigenvalue weighted by atomic mass is 127. The molecule has 0 bridgehead atoms. The monoisotopic (exact) mass is 518 g/mol. The number of benzene rings is 2. The number of thiazole rings is 1. The van der Waals surface area contributed by atoms with Gasteiger partial charge in [0.1, 0.15) is 0 Å². The highest BCUT2D eigenvalue weighted by Gasteiger charge is 2.12. The first-order valence-electron chi connectivity index (χ1n) is 7.12. The minimum Gasteiger partial charge on any atom is -0.398 e. The Kier molecular flexibility index (Phi) is 9.65. The molecule has 0 saturated heterocycles. The van der Waals surface area contributed by atoms with Crippen LogP contribution in [-0.2, 0) is 9.05 Å². The molecule has 3 rings (SSSR count). The molecule has 0 aliphatic rings. The summed E-state index contributed by atoms with van der Waals surface area (Å²) >= 11 is 3.26. The fourth-order valence-corrected chi connectivity index (χ4v) is 3.70. The van der Waals surface area contributed by atoms with Crippen molar-refractivity contribution in [2.45, 2.75) is 11.1 Å². The molecule has 2 aromatic carbocycles. The number of nitrogens with zero attached hydrogens (tertiary/aromatic N) is 1. The third-order valence-electron chi connectivity index (χ3n) is 2.69. The van der Waals surface area contributed by atoms with E-state index in [9.17, 15) is 8.42 Å². The van der Waals surface area contributed by atoms with Gasteiger partial charge >= 0.3 is 0 Å². The number of aromatic nitrogens is 1. The molecule has 0 unspecified atom stereocenters. The second kappa shape index (κ2) is 11.2. The van der Waals surface area contributed by atoms with Crippen LogP contribution in [0.1, 0.15) is 10.6 Å². The van der Waals surface area contributed by atoms with Gasteiger partial charge in [0.2, 0.25) is 0 Å². The number of terminal acetylenes is 1. The zero-order valence-electron chi connectivity index (χ0n) is 13.8. The van der Waals surface area contributed by atoms with Gasteiger partial charge in [-0.15, -0.1) is 17.8 Å². The summed E-state index contributed by atoms with van der Waals surface area (Å²) in [4.78, 5) is 3.74. The third kappa shape index (κ3) is 8.67. The number of rotatable bonds is 1. The van der Waals surface area contributed by atoms with Gasteiger partial charge in [-0.2, -0.15) is 0 Å². The Hall–Kier alpha value is -1.60. The molecule has 1 heterocycles. The Morgan fingerprint density at radius 1 is 1.15 bits per heavy atom. The van der Waals surface area contributed by atoms with E-state index in [0.717, 1.165) is 26.2 Å². The smallest absolute Gasteiger partial charge is 0.272 e. The van der Waals surface area contributed by atoms with Gasteiger partial charge in [-0.05, 0) is 53.8 Å². The Balaban J connectivity index is 0.000000197. The molecule has 8 heteroatoms. The van der Waals surface area contributed by atoms with Crippen molar-refractivity contribution in [1.29, 1.82) is 0 Å². The SMILES string of the molecule is C#Cc1ccccc1.Cc1ncc(S(=O)(=O)Cl)s1.Nc1ccccc1I. The number of hydrogen-bond acceptors (Lipinski definition) is 5.